The summed E-state index contributed by atoms with van der Waals surface area (Å²) in [6, 6.07) is 4.84. The molecule has 120 valence electrons. The van der Waals surface area contributed by atoms with E-state index in [1.165, 1.54) is 5.41 Å². The van der Waals surface area contributed by atoms with Gasteiger partial charge in [0.1, 0.15) is 16.7 Å². The third-order valence-electron chi connectivity index (χ3n) is 3.23. The van der Waals surface area contributed by atoms with Crippen molar-refractivity contribution in [1.29, 1.82) is 0 Å². The average Bonchev–Trinajstić information content (AvgIpc) is 2.53. The van der Waals surface area contributed by atoms with E-state index in [9.17, 15) is 9.00 Å². The Labute approximate surface area is 142 Å². The molecule has 1 amide bonds. The molecule has 8 heteroatoms. The first kappa shape index (κ1) is 17.3. The van der Waals surface area contributed by atoms with Crippen LogP contribution in [-0.4, -0.2) is 52.1 Å². The van der Waals surface area contributed by atoms with Gasteiger partial charge in [0.05, 0.1) is 5.02 Å². The quantitative estimate of drug-likeness (QED) is 0.807. The molecule has 1 saturated heterocycles. The molecule has 22 heavy (non-hydrogen) atoms. The fourth-order valence-corrected chi connectivity index (χ4v) is 3.24. The van der Waals surface area contributed by atoms with E-state index >= 15 is 0 Å². The number of piperazine rings is 1. The lowest BCUT2D eigenvalue weighted by Crippen LogP contribution is -2.49. The number of hydrogen-bond acceptors (Lipinski definition) is 3. The Bertz CT molecular complexity index is 589. The Balaban J connectivity index is 1.83. The minimum atomic E-state index is -1.18. The Morgan fingerprint density at radius 2 is 2.00 bits per heavy atom. The summed E-state index contributed by atoms with van der Waals surface area (Å²) in [7, 11) is -1.18. The van der Waals surface area contributed by atoms with Crippen molar-refractivity contribution >= 4 is 40.1 Å². The molecule has 0 saturated carbocycles. The molecule has 0 N–H and O–H groups in total. The van der Waals surface area contributed by atoms with E-state index in [0.717, 1.165) is 0 Å². The van der Waals surface area contributed by atoms with Crippen LogP contribution < -0.4 is 4.74 Å². The summed E-state index contributed by atoms with van der Waals surface area (Å²) < 4.78 is 18.8. The monoisotopic (exact) mass is 362 g/mol. The first-order valence-electron chi connectivity index (χ1n) is 6.65. The number of nitrogens with zero attached hydrogens (tertiary/aromatic N) is 2. The van der Waals surface area contributed by atoms with Gasteiger partial charge in [0.15, 0.2) is 6.61 Å². The zero-order valence-electron chi connectivity index (χ0n) is 11.8. The summed E-state index contributed by atoms with van der Waals surface area (Å²) in [5.41, 5.74) is 0. The van der Waals surface area contributed by atoms with Gasteiger partial charge in [0.25, 0.3) is 5.91 Å². The van der Waals surface area contributed by atoms with E-state index in [-0.39, 0.29) is 12.5 Å². The molecule has 1 heterocycles. The molecule has 1 unspecified atom stereocenters. The standard InChI is InChI=1S/C14H16Cl2N2O3S/c1-2-22(20)18-7-5-17(6-8-18)14(19)10-21-13-4-3-11(15)9-12(13)16/h2-4,9H,1,5-8,10H2. The molecule has 5 nitrogen and oxygen atoms in total. The molecule has 1 aliphatic rings. The summed E-state index contributed by atoms with van der Waals surface area (Å²) in [5, 5.41) is 2.27. The maximum absolute atomic E-state index is 12.1. The number of halogens is 2. The zero-order valence-corrected chi connectivity index (χ0v) is 14.2. The van der Waals surface area contributed by atoms with E-state index in [1.807, 2.05) is 0 Å². The van der Waals surface area contributed by atoms with Gasteiger partial charge in [-0.05, 0) is 18.2 Å². The highest BCUT2D eigenvalue weighted by molar-refractivity contribution is 7.85. The van der Waals surface area contributed by atoms with Gasteiger partial charge in [-0.2, -0.15) is 0 Å². The molecule has 1 aromatic carbocycles. The third-order valence-corrected chi connectivity index (χ3v) is 4.92. The van der Waals surface area contributed by atoms with Crippen molar-refractivity contribution in [1.82, 2.24) is 9.21 Å². The van der Waals surface area contributed by atoms with Crippen molar-refractivity contribution in [2.24, 2.45) is 0 Å². The minimum absolute atomic E-state index is 0.0914. The molecule has 1 aromatic rings. The highest BCUT2D eigenvalue weighted by atomic mass is 35.5. The summed E-state index contributed by atoms with van der Waals surface area (Å²) in [6.45, 7) is 5.53. The highest BCUT2D eigenvalue weighted by Gasteiger charge is 2.23. The molecule has 1 aliphatic heterocycles. The van der Waals surface area contributed by atoms with Gasteiger partial charge >= 0.3 is 0 Å². The Kier molecular flexibility index (Phi) is 6.26. The summed E-state index contributed by atoms with van der Waals surface area (Å²) >= 11 is 11.8. The summed E-state index contributed by atoms with van der Waals surface area (Å²) in [4.78, 5) is 13.8. The van der Waals surface area contributed by atoms with Gasteiger partial charge in [0, 0.05) is 36.6 Å². The van der Waals surface area contributed by atoms with E-state index < -0.39 is 11.0 Å². The minimum Gasteiger partial charge on any atom is -0.482 e. The van der Waals surface area contributed by atoms with Crippen LogP contribution in [-0.2, 0) is 15.8 Å². The van der Waals surface area contributed by atoms with Gasteiger partial charge in [0.2, 0.25) is 0 Å². The number of ether oxygens (including phenoxy) is 1. The number of carbonyl (C=O) groups excluding carboxylic acids is 1. The molecule has 0 bridgehead atoms. The molecule has 1 fully saturated rings. The predicted octanol–water partition coefficient (Wildman–Crippen LogP) is 2.32. The van der Waals surface area contributed by atoms with Crippen LogP contribution in [0.2, 0.25) is 10.0 Å². The lowest BCUT2D eigenvalue weighted by atomic mass is 10.3. The SMILES string of the molecule is C=CS(=O)N1CCN(C(=O)COc2ccc(Cl)cc2Cl)CC1. The van der Waals surface area contributed by atoms with E-state index in [4.69, 9.17) is 27.9 Å². The largest absolute Gasteiger partial charge is 0.482 e. The smallest absolute Gasteiger partial charge is 0.260 e. The molecule has 0 aliphatic carbocycles. The fraction of sp³-hybridized carbons (Fsp3) is 0.357. The second kappa shape index (κ2) is 7.97. The van der Waals surface area contributed by atoms with Crippen LogP contribution in [0.3, 0.4) is 0 Å². The molecule has 1 atom stereocenters. The van der Waals surface area contributed by atoms with Crippen LogP contribution in [0, 0.1) is 0 Å². The topological polar surface area (TPSA) is 49.9 Å². The Hall–Kier alpha value is -1.08. The Morgan fingerprint density at radius 1 is 1.32 bits per heavy atom. The third kappa shape index (κ3) is 4.46. The molecule has 0 aromatic heterocycles. The van der Waals surface area contributed by atoms with E-state index in [1.54, 1.807) is 27.4 Å². The number of hydrogen-bond donors (Lipinski definition) is 0. The van der Waals surface area contributed by atoms with Gasteiger partial charge < -0.3 is 9.64 Å². The van der Waals surface area contributed by atoms with Crippen molar-refractivity contribution in [3.05, 3.63) is 40.2 Å². The highest BCUT2D eigenvalue weighted by Crippen LogP contribution is 2.27. The van der Waals surface area contributed by atoms with Crippen molar-refractivity contribution in [3.63, 3.8) is 0 Å². The summed E-state index contributed by atoms with van der Waals surface area (Å²) in [5.74, 6) is 0.292. The van der Waals surface area contributed by atoms with Crippen LogP contribution in [0.5, 0.6) is 5.75 Å². The van der Waals surface area contributed by atoms with Crippen LogP contribution in [0.25, 0.3) is 0 Å². The van der Waals surface area contributed by atoms with Crippen molar-refractivity contribution < 1.29 is 13.7 Å². The molecular weight excluding hydrogens is 347 g/mol. The lowest BCUT2D eigenvalue weighted by molar-refractivity contribution is -0.134. The number of carbonyl (C=O) groups is 1. The van der Waals surface area contributed by atoms with Gasteiger partial charge in [-0.3, -0.25) is 4.79 Å². The van der Waals surface area contributed by atoms with Crippen LogP contribution in [0.15, 0.2) is 30.2 Å². The maximum Gasteiger partial charge on any atom is 0.260 e. The average molecular weight is 363 g/mol. The van der Waals surface area contributed by atoms with Crippen molar-refractivity contribution in [3.8, 4) is 5.75 Å². The molecule has 0 spiro atoms. The zero-order chi connectivity index (χ0) is 16.1. The first-order chi connectivity index (χ1) is 10.5. The Morgan fingerprint density at radius 3 is 2.59 bits per heavy atom. The van der Waals surface area contributed by atoms with Gasteiger partial charge in [-0.15, -0.1) is 0 Å². The number of amides is 1. The number of rotatable bonds is 5. The van der Waals surface area contributed by atoms with Crippen molar-refractivity contribution in [2.75, 3.05) is 32.8 Å². The number of benzene rings is 1. The van der Waals surface area contributed by atoms with Crippen LogP contribution >= 0.6 is 23.2 Å². The van der Waals surface area contributed by atoms with E-state index in [2.05, 4.69) is 6.58 Å². The lowest BCUT2D eigenvalue weighted by Gasteiger charge is -2.33. The summed E-state index contributed by atoms with van der Waals surface area (Å²) in [6.07, 6.45) is 0. The molecule has 2 rings (SSSR count). The first-order valence-corrected chi connectivity index (χ1v) is 8.57. The van der Waals surface area contributed by atoms with Gasteiger partial charge in [-0.1, -0.05) is 29.8 Å². The van der Waals surface area contributed by atoms with Crippen LogP contribution in [0.4, 0.5) is 0 Å². The maximum atomic E-state index is 12.1. The van der Waals surface area contributed by atoms with Crippen LogP contribution in [0.1, 0.15) is 0 Å². The predicted molar refractivity (Wildman–Crippen MR) is 88.4 cm³/mol. The normalized spacial score (nSPS) is 17.1. The van der Waals surface area contributed by atoms with Crippen molar-refractivity contribution in [2.45, 2.75) is 0 Å². The molecule has 0 radical (unpaired) electrons. The molecular formula is C14H16Cl2N2O3S. The van der Waals surface area contributed by atoms with E-state index in [0.29, 0.717) is 42.0 Å². The fourth-order valence-electron chi connectivity index (χ4n) is 2.05. The van der Waals surface area contributed by atoms with Gasteiger partial charge in [-0.25, -0.2) is 8.51 Å². The second-order valence-electron chi connectivity index (χ2n) is 4.62. The second-order valence-corrected chi connectivity index (χ2v) is 6.86.